The number of nitrogens with two attached hydrogens (primary N) is 1. The highest BCUT2D eigenvalue weighted by molar-refractivity contribution is 5.36. The van der Waals surface area contributed by atoms with Gasteiger partial charge in [0.15, 0.2) is 0 Å². The van der Waals surface area contributed by atoms with Crippen LogP contribution < -0.4 is 10.5 Å². The van der Waals surface area contributed by atoms with Gasteiger partial charge < -0.3 is 10.5 Å². The number of benzene rings is 1. The van der Waals surface area contributed by atoms with E-state index in [0.717, 1.165) is 18.6 Å². The summed E-state index contributed by atoms with van der Waals surface area (Å²) in [6, 6.07) is 8.42. The summed E-state index contributed by atoms with van der Waals surface area (Å²) < 4.78 is 6.36. The predicted molar refractivity (Wildman–Crippen MR) is 87.3 cm³/mol. The fourth-order valence-electron chi connectivity index (χ4n) is 2.47. The molecule has 0 aliphatic rings. The van der Waals surface area contributed by atoms with Crippen LogP contribution in [0.25, 0.3) is 0 Å². The predicted octanol–water partition coefficient (Wildman–Crippen LogP) is 4.73. The molecule has 0 saturated carbocycles. The SMILES string of the molecule is CCC(C)c1ccccc1OC(C(N)CC)C(C)(C)C. The Kier molecular flexibility index (Phi) is 6.07. The Morgan fingerprint density at radius 3 is 2.20 bits per heavy atom. The quantitative estimate of drug-likeness (QED) is 0.815. The van der Waals surface area contributed by atoms with Crippen LogP contribution in [0.3, 0.4) is 0 Å². The van der Waals surface area contributed by atoms with E-state index in [2.05, 4.69) is 59.7 Å². The van der Waals surface area contributed by atoms with Gasteiger partial charge >= 0.3 is 0 Å². The zero-order valence-electron chi connectivity index (χ0n) is 13.9. The minimum Gasteiger partial charge on any atom is -0.488 e. The number of rotatable bonds is 6. The van der Waals surface area contributed by atoms with E-state index in [1.165, 1.54) is 5.56 Å². The maximum absolute atomic E-state index is 6.36. The van der Waals surface area contributed by atoms with Crippen molar-refractivity contribution in [1.29, 1.82) is 0 Å². The van der Waals surface area contributed by atoms with E-state index in [4.69, 9.17) is 10.5 Å². The molecule has 2 N–H and O–H groups in total. The molecule has 3 unspecified atom stereocenters. The molecule has 0 fully saturated rings. The van der Waals surface area contributed by atoms with Crippen LogP contribution in [0.4, 0.5) is 0 Å². The molecule has 20 heavy (non-hydrogen) atoms. The zero-order valence-corrected chi connectivity index (χ0v) is 13.9. The maximum atomic E-state index is 6.36. The van der Waals surface area contributed by atoms with Gasteiger partial charge in [-0.1, -0.05) is 59.7 Å². The molecular weight excluding hydrogens is 246 g/mol. The van der Waals surface area contributed by atoms with Gasteiger partial charge in [0.2, 0.25) is 0 Å². The first kappa shape index (κ1) is 17.0. The van der Waals surface area contributed by atoms with Crippen molar-refractivity contribution in [2.45, 2.75) is 72.4 Å². The van der Waals surface area contributed by atoms with Gasteiger partial charge in [0.25, 0.3) is 0 Å². The summed E-state index contributed by atoms with van der Waals surface area (Å²) in [6.07, 6.45) is 2.06. The third-order valence-electron chi connectivity index (χ3n) is 4.03. The first-order valence-electron chi connectivity index (χ1n) is 7.82. The first-order chi connectivity index (χ1) is 9.31. The summed E-state index contributed by atoms with van der Waals surface area (Å²) in [5.41, 5.74) is 7.60. The van der Waals surface area contributed by atoms with Crippen molar-refractivity contribution in [3.63, 3.8) is 0 Å². The fourth-order valence-corrected chi connectivity index (χ4v) is 2.47. The molecule has 0 spiro atoms. The number of ether oxygens (including phenoxy) is 1. The number of hydrogen-bond acceptors (Lipinski definition) is 2. The Hall–Kier alpha value is -1.02. The third-order valence-corrected chi connectivity index (χ3v) is 4.03. The van der Waals surface area contributed by atoms with Crippen LogP contribution in [0.5, 0.6) is 5.75 Å². The molecule has 2 nitrogen and oxygen atoms in total. The lowest BCUT2D eigenvalue weighted by molar-refractivity contribution is 0.0610. The van der Waals surface area contributed by atoms with Crippen molar-refractivity contribution in [2.24, 2.45) is 11.1 Å². The number of para-hydroxylation sites is 1. The van der Waals surface area contributed by atoms with Gasteiger partial charge in [0.1, 0.15) is 11.9 Å². The second-order valence-corrected chi connectivity index (χ2v) is 6.82. The first-order valence-corrected chi connectivity index (χ1v) is 7.82. The standard InChI is InChI=1S/C18H31NO/c1-7-13(3)14-11-9-10-12-16(14)20-17(15(19)8-2)18(4,5)6/h9-13,15,17H,7-8,19H2,1-6H3. The highest BCUT2D eigenvalue weighted by atomic mass is 16.5. The minimum atomic E-state index is 0.0257. The topological polar surface area (TPSA) is 35.2 Å². The number of hydrogen-bond donors (Lipinski definition) is 1. The van der Waals surface area contributed by atoms with Gasteiger partial charge in [-0.15, -0.1) is 0 Å². The van der Waals surface area contributed by atoms with Gasteiger partial charge in [-0.3, -0.25) is 0 Å². The molecule has 2 heteroatoms. The van der Waals surface area contributed by atoms with Crippen LogP contribution in [0.1, 0.15) is 65.9 Å². The summed E-state index contributed by atoms with van der Waals surface area (Å²) in [5, 5.41) is 0. The molecule has 114 valence electrons. The van der Waals surface area contributed by atoms with Crippen molar-refractivity contribution in [2.75, 3.05) is 0 Å². The monoisotopic (exact) mass is 277 g/mol. The average Bonchev–Trinajstić information content (AvgIpc) is 2.42. The smallest absolute Gasteiger partial charge is 0.123 e. The highest BCUT2D eigenvalue weighted by Crippen LogP contribution is 2.33. The van der Waals surface area contributed by atoms with E-state index in [9.17, 15) is 0 Å². The molecule has 0 aromatic heterocycles. The molecule has 1 aromatic carbocycles. The summed E-state index contributed by atoms with van der Waals surface area (Å²) in [6.45, 7) is 13.2. The van der Waals surface area contributed by atoms with Crippen molar-refractivity contribution >= 4 is 0 Å². The van der Waals surface area contributed by atoms with Crippen molar-refractivity contribution in [1.82, 2.24) is 0 Å². The molecule has 0 bridgehead atoms. The largest absolute Gasteiger partial charge is 0.488 e. The van der Waals surface area contributed by atoms with Gasteiger partial charge in [-0.05, 0) is 30.4 Å². The summed E-state index contributed by atoms with van der Waals surface area (Å²) in [7, 11) is 0. The molecule has 3 atom stereocenters. The normalized spacial score (nSPS) is 16.6. The molecule has 0 heterocycles. The van der Waals surface area contributed by atoms with Crippen LogP contribution in [0.2, 0.25) is 0 Å². The van der Waals surface area contributed by atoms with Crippen LogP contribution in [0.15, 0.2) is 24.3 Å². The molecule has 1 aromatic rings. The Morgan fingerprint density at radius 1 is 1.10 bits per heavy atom. The average molecular weight is 277 g/mol. The molecular formula is C18H31NO. The van der Waals surface area contributed by atoms with Crippen LogP contribution in [-0.4, -0.2) is 12.1 Å². The molecule has 0 aliphatic carbocycles. The van der Waals surface area contributed by atoms with Crippen molar-refractivity contribution in [3.05, 3.63) is 29.8 Å². The molecule has 1 rings (SSSR count). The van der Waals surface area contributed by atoms with E-state index >= 15 is 0 Å². The zero-order chi connectivity index (χ0) is 15.3. The van der Waals surface area contributed by atoms with Gasteiger partial charge in [0.05, 0.1) is 0 Å². The van der Waals surface area contributed by atoms with Gasteiger partial charge in [-0.2, -0.15) is 0 Å². The van der Waals surface area contributed by atoms with Gasteiger partial charge in [-0.25, -0.2) is 0 Å². The lowest BCUT2D eigenvalue weighted by Crippen LogP contribution is -2.47. The Bertz CT molecular complexity index is 408. The second kappa shape index (κ2) is 7.12. The fraction of sp³-hybridized carbons (Fsp3) is 0.667. The molecule has 0 saturated heterocycles. The van der Waals surface area contributed by atoms with E-state index in [1.54, 1.807) is 0 Å². The summed E-state index contributed by atoms with van der Waals surface area (Å²) in [5.74, 6) is 1.50. The Balaban J connectivity index is 3.06. The lowest BCUT2D eigenvalue weighted by atomic mass is 9.83. The van der Waals surface area contributed by atoms with Gasteiger partial charge in [0, 0.05) is 11.5 Å². The van der Waals surface area contributed by atoms with E-state index in [0.29, 0.717) is 5.92 Å². The third kappa shape index (κ3) is 4.24. The highest BCUT2D eigenvalue weighted by Gasteiger charge is 2.32. The van der Waals surface area contributed by atoms with E-state index in [-0.39, 0.29) is 17.6 Å². The molecule has 0 radical (unpaired) electrons. The molecule has 0 aliphatic heterocycles. The summed E-state index contributed by atoms with van der Waals surface area (Å²) >= 11 is 0. The minimum absolute atomic E-state index is 0.0257. The van der Waals surface area contributed by atoms with Crippen LogP contribution in [-0.2, 0) is 0 Å². The van der Waals surface area contributed by atoms with Crippen molar-refractivity contribution < 1.29 is 4.74 Å². The van der Waals surface area contributed by atoms with Crippen molar-refractivity contribution in [3.8, 4) is 5.75 Å². The van der Waals surface area contributed by atoms with Crippen LogP contribution >= 0.6 is 0 Å². The van der Waals surface area contributed by atoms with Crippen LogP contribution in [0, 0.1) is 5.41 Å². The molecule has 0 amide bonds. The maximum Gasteiger partial charge on any atom is 0.123 e. The van der Waals surface area contributed by atoms with E-state index < -0.39 is 0 Å². The lowest BCUT2D eigenvalue weighted by Gasteiger charge is -2.36. The Morgan fingerprint density at radius 2 is 1.70 bits per heavy atom. The van der Waals surface area contributed by atoms with E-state index in [1.807, 2.05) is 6.07 Å². The Labute approximate surface area is 124 Å². The second-order valence-electron chi connectivity index (χ2n) is 6.82. The summed E-state index contributed by atoms with van der Waals surface area (Å²) in [4.78, 5) is 0.